The first-order chi connectivity index (χ1) is 11.2. The van der Waals surface area contributed by atoms with E-state index in [4.69, 9.17) is 0 Å². The van der Waals surface area contributed by atoms with Gasteiger partial charge in [0.05, 0.1) is 15.4 Å². The first-order valence-electron chi connectivity index (χ1n) is 7.25. The minimum atomic E-state index is -0.207. The molecule has 3 rings (SSSR count). The van der Waals surface area contributed by atoms with Crippen LogP contribution in [-0.2, 0) is 6.42 Å². The molecule has 0 aliphatic heterocycles. The highest BCUT2D eigenvalue weighted by Crippen LogP contribution is 2.37. The molecule has 0 spiro atoms. The summed E-state index contributed by atoms with van der Waals surface area (Å²) in [5.41, 5.74) is 1.94. The Hall–Kier alpha value is -1.30. The second-order valence-electron chi connectivity index (χ2n) is 4.94. The molecule has 0 aliphatic carbocycles. The lowest BCUT2D eigenvalue weighted by molar-refractivity contribution is 0.628. The van der Waals surface area contributed by atoms with Gasteiger partial charge >= 0.3 is 0 Å². The molecule has 5 heteroatoms. The summed E-state index contributed by atoms with van der Waals surface area (Å²) in [5, 5.41) is 1.15. The Morgan fingerprint density at radius 1 is 1.09 bits per heavy atom. The van der Waals surface area contributed by atoms with Gasteiger partial charge in [-0.1, -0.05) is 30.8 Å². The fourth-order valence-electron chi connectivity index (χ4n) is 2.20. The summed E-state index contributed by atoms with van der Waals surface area (Å²) in [6.45, 7) is 2.11. The third kappa shape index (κ3) is 4.16. The molecule has 0 aliphatic rings. The van der Waals surface area contributed by atoms with Gasteiger partial charge in [-0.3, -0.25) is 0 Å². The van der Waals surface area contributed by atoms with Crippen LogP contribution in [0, 0.1) is 5.82 Å². The molecule has 0 bridgehead atoms. The molecule has 0 atom stereocenters. The molecule has 118 valence electrons. The van der Waals surface area contributed by atoms with E-state index in [-0.39, 0.29) is 5.82 Å². The van der Waals surface area contributed by atoms with Crippen molar-refractivity contribution in [3.8, 4) is 11.1 Å². The van der Waals surface area contributed by atoms with E-state index in [9.17, 15) is 4.39 Å². The van der Waals surface area contributed by atoms with Crippen LogP contribution in [0.25, 0.3) is 11.1 Å². The average molecular weight is 362 g/mol. The number of aryl methyl sites for hydroxylation is 1. The number of nitrogens with zero attached hydrogens (tertiary/aromatic N) is 1. The normalized spacial score (nSPS) is 10.9. The maximum Gasteiger partial charge on any atom is 0.123 e. The third-order valence-corrected chi connectivity index (χ3v) is 6.25. The van der Waals surface area contributed by atoms with Gasteiger partial charge in [-0.15, -0.1) is 23.1 Å². The van der Waals surface area contributed by atoms with Crippen molar-refractivity contribution in [1.29, 1.82) is 0 Å². The van der Waals surface area contributed by atoms with E-state index in [1.54, 1.807) is 47.0 Å². The van der Waals surface area contributed by atoms with Crippen molar-refractivity contribution >= 4 is 34.9 Å². The lowest BCUT2D eigenvalue weighted by Crippen LogP contribution is -1.83. The van der Waals surface area contributed by atoms with Crippen LogP contribution in [0.5, 0.6) is 0 Å². The molecule has 0 amide bonds. The highest BCUT2D eigenvalue weighted by molar-refractivity contribution is 8.01. The van der Waals surface area contributed by atoms with Gasteiger partial charge < -0.3 is 0 Å². The molecular formula is C18H16FNS3. The monoisotopic (exact) mass is 361 g/mol. The van der Waals surface area contributed by atoms with Crippen molar-refractivity contribution in [2.24, 2.45) is 0 Å². The Morgan fingerprint density at radius 3 is 2.61 bits per heavy atom. The summed E-state index contributed by atoms with van der Waals surface area (Å²) in [4.78, 5) is 6.74. The summed E-state index contributed by atoms with van der Waals surface area (Å²) in [7, 11) is 0. The van der Waals surface area contributed by atoms with Crippen molar-refractivity contribution in [3.63, 3.8) is 0 Å². The van der Waals surface area contributed by atoms with E-state index < -0.39 is 0 Å². The quantitative estimate of drug-likeness (QED) is 0.489. The van der Waals surface area contributed by atoms with E-state index in [1.165, 1.54) is 15.2 Å². The SMILES string of the molecule is CCc1ncc(Sc2cc(SC)cc(-c3cccc(F)c3)c2)s1. The van der Waals surface area contributed by atoms with Crippen molar-refractivity contribution in [3.05, 3.63) is 59.5 Å². The fourth-order valence-corrected chi connectivity index (χ4v) is 4.81. The minimum absolute atomic E-state index is 0.207. The minimum Gasteiger partial charge on any atom is -0.248 e. The second-order valence-corrected chi connectivity index (χ2v) is 8.30. The summed E-state index contributed by atoms with van der Waals surface area (Å²) >= 11 is 5.14. The van der Waals surface area contributed by atoms with E-state index in [1.807, 2.05) is 12.3 Å². The van der Waals surface area contributed by atoms with E-state index in [0.717, 1.165) is 27.5 Å². The highest BCUT2D eigenvalue weighted by atomic mass is 32.2. The zero-order valence-electron chi connectivity index (χ0n) is 12.9. The van der Waals surface area contributed by atoms with Gasteiger partial charge in [0.25, 0.3) is 0 Å². The van der Waals surface area contributed by atoms with Gasteiger partial charge in [0.1, 0.15) is 5.82 Å². The first kappa shape index (κ1) is 16.6. The lowest BCUT2D eigenvalue weighted by Gasteiger charge is -2.08. The number of hydrogen-bond acceptors (Lipinski definition) is 4. The van der Waals surface area contributed by atoms with Crippen LogP contribution in [0.3, 0.4) is 0 Å². The van der Waals surface area contributed by atoms with Gasteiger partial charge in [-0.05, 0) is 54.1 Å². The van der Waals surface area contributed by atoms with Crippen LogP contribution in [0.15, 0.2) is 62.7 Å². The van der Waals surface area contributed by atoms with Crippen molar-refractivity contribution in [2.75, 3.05) is 6.26 Å². The molecule has 0 fully saturated rings. The highest BCUT2D eigenvalue weighted by Gasteiger charge is 2.08. The first-order valence-corrected chi connectivity index (χ1v) is 10.1. The topological polar surface area (TPSA) is 12.9 Å². The number of benzene rings is 2. The Kier molecular flexibility index (Phi) is 5.41. The van der Waals surface area contributed by atoms with Crippen LogP contribution in [0.2, 0.25) is 0 Å². The predicted molar refractivity (Wildman–Crippen MR) is 99.2 cm³/mol. The molecule has 2 aromatic carbocycles. The van der Waals surface area contributed by atoms with Crippen LogP contribution in [-0.4, -0.2) is 11.2 Å². The molecule has 3 aromatic rings. The van der Waals surface area contributed by atoms with Crippen molar-refractivity contribution in [2.45, 2.75) is 27.3 Å². The number of thiazole rings is 1. The van der Waals surface area contributed by atoms with Crippen LogP contribution in [0.1, 0.15) is 11.9 Å². The Labute approximate surface area is 148 Å². The average Bonchev–Trinajstić information content (AvgIpc) is 3.02. The smallest absolute Gasteiger partial charge is 0.123 e. The van der Waals surface area contributed by atoms with E-state index in [0.29, 0.717) is 0 Å². The van der Waals surface area contributed by atoms with Crippen molar-refractivity contribution in [1.82, 2.24) is 4.98 Å². The number of thioether (sulfide) groups is 1. The van der Waals surface area contributed by atoms with Crippen LogP contribution < -0.4 is 0 Å². The van der Waals surface area contributed by atoms with Crippen LogP contribution >= 0.6 is 34.9 Å². The summed E-state index contributed by atoms with van der Waals surface area (Å²) in [6.07, 6.45) is 4.95. The summed E-state index contributed by atoms with van der Waals surface area (Å²) < 4.78 is 14.7. The molecule has 0 N–H and O–H groups in total. The van der Waals surface area contributed by atoms with Gasteiger partial charge in [0.15, 0.2) is 0 Å². The summed E-state index contributed by atoms with van der Waals surface area (Å²) in [6, 6.07) is 13.1. The predicted octanol–water partition coefficient (Wildman–Crippen LogP) is 6.38. The second kappa shape index (κ2) is 7.51. The Morgan fingerprint density at radius 2 is 1.91 bits per heavy atom. The van der Waals surface area contributed by atoms with Crippen molar-refractivity contribution < 1.29 is 4.39 Å². The maximum absolute atomic E-state index is 13.5. The Bertz CT molecular complexity index is 814. The molecule has 0 saturated carbocycles. The third-order valence-electron chi connectivity index (χ3n) is 3.33. The Balaban J connectivity index is 1.95. The molecule has 0 radical (unpaired) electrons. The van der Waals surface area contributed by atoms with Gasteiger partial charge in [0.2, 0.25) is 0 Å². The molecule has 1 heterocycles. The molecule has 23 heavy (non-hydrogen) atoms. The molecule has 1 nitrogen and oxygen atoms in total. The number of halogens is 1. The summed E-state index contributed by atoms with van der Waals surface area (Å²) in [5.74, 6) is -0.207. The number of hydrogen-bond donors (Lipinski definition) is 0. The molecule has 0 saturated heterocycles. The number of aromatic nitrogens is 1. The largest absolute Gasteiger partial charge is 0.248 e. The van der Waals surface area contributed by atoms with Crippen LogP contribution in [0.4, 0.5) is 4.39 Å². The fraction of sp³-hybridized carbons (Fsp3) is 0.167. The standard InChI is InChI=1S/C18H16FNS3/c1-3-17-20-11-18(23-17)22-16-9-13(8-15(10-16)21-2)12-5-4-6-14(19)7-12/h4-11H,3H2,1-2H3. The zero-order chi connectivity index (χ0) is 16.2. The molecule has 1 aromatic heterocycles. The van der Waals surface area contributed by atoms with E-state index in [2.05, 4.69) is 36.4 Å². The van der Waals surface area contributed by atoms with Gasteiger partial charge in [-0.2, -0.15) is 0 Å². The van der Waals surface area contributed by atoms with E-state index >= 15 is 0 Å². The zero-order valence-corrected chi connectivity index (χ0v) is 15.3. The molecule has 0 unspecified atom stereocenters. The molecular weight excluding hydrogens is 345 g/mol. The van der Waals surface area contributed by atoms with Gasteiger partial charge in [0, 0.05) is 9.79 Å². The lowest BCUT2D eigenvalue weighted by atomic mass is 10.1. The van der Waals surface area contributed by atoms with Gasteiger partial charge in [-0.25, -0.2) is 9.37 Å². The number of rotatable bonds is 5. The maximum atomic E-state index is 13.5.